The summed E-state index contributed by atoms with van der Waals surface area (Å²) in [5, 5.41) is 0. The summed E-state index contributed by atoms with van der Waals surface area (Å²) in [6.07, 6.45) is 4.81. The molecule has 0 spiro atoms. The third-order valence-electron chi connectivity index (χ3n) is 2.20. The minimum absolute atomic E-state index is 0. The first-order valence-electron chi connectivity index (χ1n) is 5.84. The molecule has 0 rings (SSSR count). The molecule has 0 fully saturated rings. The van der Waals surface area contributed by atoms with Gasteiger partial charge in [0.05, 0.1) is 0 Å². The van der Waals surface area contributed by atoms with E-state index in [1.54, 1.807) is 6.92 Å². The zero-order valence-corrected chi connectivity index (χ0v) is 13.6. The van der Waals surface area contributed by atoms with Crippen molar-refractivity contribution in [2.75, 3.05) is 0 Å². The summed E-state index contributed by atoms with van der Waals surface area (Å²) in [5.74, 6) is -0.156. The van der Waals surface area contributed by atoms with Gasteiger partial charge in [-0.25, -0.2) is 0 Å². The Bertz CT molecular complexity index is 196. The van der Waals surface area contributed by atoms with Crippen molar-refractivity contribution in [3.05, 3.63) is 12.2 Å². The van der Waals surface area contributed by atoms with Crippen molar-refractivity contribution in [1.29, 1.82) is 0 Å². The quantitative estimate of drug-likeness (QED) is 0.506. The second-order valence-electron chi connectivity index (χ2n) is 3.92. The Morgan fingerprint density at radius 1 is 1.19 bits per heavy atom. The van der Waals surface area contributed by atoms with Crippen molar-refractivity contribution >= 4 is 26.1 Å². The second-order valence-corrected chi connectivity index (χ2v) is 10.4. The van der Waals surface area contributed by atoms with Gasteiger partial charge in [-0.15, -0.1) is 0 Å². The van der Waals surface area contributed by atoms with Crippen LogP contribution in [0.25, 0.3) is 0 Å². The summed E-state index contributed by atoms with van der Waals surface area (Å²) >= 11 is -1.87. The van der Waals surface area contributed by atoms with Crippen LogP contribution in [0.2, 0.25) is 8.87 Å². The zero-order chi connectivity index (χ0) is 11.7. The molecule has 0 saturated heterocycles. The molecule has 0 aliphatic carbocycles. The van der Waals surface area contributed by atoms with Gasteiger partial charge in [0.15, 0.2) is 0 Å². The van der Waals surface area contributed by atoms with E-state index in [1.165, 1.54) is 34.6 Å². The maximum Gasteiger partial charge on any atom is -0.412 e. The van der Waals surface area contributed by atoms with Crippen LogP contribution in [-0.4, -0.2) is 31.6 Å². The summed E-state index contributed by atoms with van der Waals surface area (Å²) < 4.78 is 7.93. The molecule has 0 heterocycles. The number of unbranched alkanes of at least 4 members (excludes halogenated alkanes) is 2. The van der Waals surface area contributed by atoms with Gasteiger partial charge >= 0.3 is 101 Å². The topological polar surface area (TPSA) is 57.8 Å². The van der Waals surface area contributed by atoms with Crippen molar-refractivity contribution in [2.45, 2.75) is 55.3 Å². The Kier molecular flexibility index (Phi) is 13.1. The Balaban J connectivity index is 0. The Morgan fingerprint density at radius 2 is 1.62 bits per heavy atom. The van der Waals surface area contributed by atoms with Gasteiger partial charge in [0, 0.05) is 0 Å². The molecule has 3 nitrogen and oxygen atoms in total. The normalized spacial score (nSPS) is 9.75. The van der Waals surface area contributed by atoms with Gasteiger partial charge in [-0.1, -0.05) is 0 Å². The van der Waals surface area contributed by atoms with Gasteiger partial charge in [-0.3, -0.25) is 0 Å². The Morgan fingerprint density at radius 3 is 1.94 bits per heavy atom. The van der Waals surface area contributed by atoms with Crippen molar-refractivity contribution < 1.29 is 13.3 Å². The molecule has 4 heteroatoms. The van der Waals surface area contributed by atoms with Crippen LogP contribution in [0.4, 0.5) is 0 Å². The van der Waals surface area contributed by atoms with E-state index in [0.717, 1.165) is 0 Å². The molecule has 95 valence electrons. The maximum absolute atomic E-state index is 11.4. The van der Waals surface area contributed by atoms with Crippen LogP contribution in [0.3, 0.4) is 0 Å². The number of rotatable bonds is 8. The molecule has 0 atom stereocenters. The summed E-state index contributed by atoms with van der Waals surface area (Å²) in [5.41, 5.74) is 0.543. The molecule has 0 aliphatic heterocycles. The average Bonchev–Trinajstić information content (AvgIpc) is 2.21. The van der Waals surface area contributed by atoms with E-state index in [-0.39, 0.29) is 11.4 Å². The number of carbonyl (C=O) groups excluding carboxylic acids is 1. The maximum atomic E-state index is 11.4. The van der Waals surface area contributed by atoms with E-state index < -0.39 is 20.2 Å². The van der Waals surface area contributed by atoms with Gasteiger partial charge in [0.25, 0.3) is 0 Å². The molecular weight excluding hydrogens is 311 g/mol. The standard InChI is InChI=1S/C4H6O2.2C4H9.H2O.Sn/c1-3(2)4(5)6;2*1-3-4-2;;/h1H2,2H3,(H,5,6);2*1,3-4H2,2H3;1H2;/q;;;;+1/p-1. The van der Waals surface area contributed by atoms with Crippen LogP contribution in [0.1, 0.15) is 46.5 Å². The van der Waals surface area contributed by atoms with Crippen LogP contribution in [0.15, 0.2) is 12.2 Å². The third-order valence-corrected chi connectivity index (χ3v) is 8.76. The number of carbonyl (C=O) groups is 1. The summed E-state index contributed by atoms with van der Waals surface area (Å²) in [7, 11) is 0. The van der Waals surface area contributed by atoms with E-state index in [0.29, 0.717) is 5.57 Å². The molecule has 0 aromatic rings. The van der Waals surface area contributed by atoms with Gasteiger partial charge < -0.3 is 5.48 Å². The third kappa shape index (κ3) is 9.21. The van der Waals surface area contributed by atoms with E-state index in [2.05, 4.69) is 20.4 Å². The van der Waals surface area contributed by atoms with Gasteiger partial charge in [-0.2, -0.15) is 0 Å². The van der Waals surface area contributed by atoms with Crippen molar-refractivity contribution in [1.82, 2.24) is 0 Å². The monoisotopic (exact) mass is 337 g/mol. The largest absolute Gasteiger partial charge is 0.412 e. The molecule has 0 aromatic carbocycles. The molecule has 0 saturated carbocycles. The first-order valence-corrected chi connectivity index (χ1v) is 11.0. The van der Waals surface area contributed by atoms with Crippen LogP contribution < -0.4 is 0 Å². The fourth-order valence-corrected chi connectivity index (χ4v) is 8.00. The van der Waals surface area contributed by atoms with E-state index in [4.69, 9.17) is 3.07 Å². The molecule has 0 aliphatic rings. The van der Waals surface area contributed by atoms with Crippen LogP contribution in [0.5, 0.6) is 0 Å². The van der Waals surface area contributed by atoms with Crippen LogP contribution in [-0.2, 0) is 7.87 Å². The van der Waals surface area contributed by atoms with Gasteiger partial charge in [0.1, 0.15) is 0 Å². The minimum atomic E-state index is -1.87. The molecule has 0 unspecified atom stereocenters. The summed E-state index contributed by atoms with van der Waals surface area (Å²) in [4.78, 5) is 11.4. The predicted molar refractivity (Wildman–Crippen MR) is 69.7 cm³/mol. The van der Waals surface area contributed by atoms with Crippen molar-refractivity contribution in [2.24, 2.45) is 0 Å². The fraction of sp³-hybridized carbons (Fsp3) is 0.750. The van der Waals surface area contributed by atoms with Gasteiger partial charge in [0.2, 0.25) is 0 Å². The molecule has 0 aromatic heterocycles. The average molecular weight is 336 g/mol. The molecule has 0 bridgehead atoms. The van der Waals surface area contributed by atoms with Crippen LogP contribution in [0, 0.1) is 0 Å². The fourth-order valence-electron chi connectivity index (χ4n) is 1.19. The van der Waals surface area contributed by atoms with E-state index in [9.17, 15) is 4.79 Å². The molecule has 1 radical (unpaired) electrons. The van der Waals surface area contributed by atoms with Crippen molar-refractivity contribution in [3.8, 4) is 0 Å². The molecular formula is C12H25O3Sn. The number of hydrogen-bond donors (Lipinski definition) is 0. The molecule has 0 amide bonds. The van der Waals surface area contributed by atoms with E-state index >= 15 is 0 Å². The minimum Gasteiger partial charge on any atom is -0.412 e. The zero-order valence-electron chi connectivity index (χ0n) is 10.8. The SMILES string of the molecule is C=C(C)C(=O)[O][Sn]([CH2]CCC)[CH2]CCC.O. The first kappa shape index (κ1) is 18.3. The van der Waals surface area contributed by atoms with Crippen molar-refractivity contribution in [3.63, 3.8) is 0 Å². The van der Waals surface area contributed by atoms with E-state index in [1.807, 2.05) is 0 Å². The summed E-state index contributed by atoms with van der Waals surface area (Å²) in [6, 6.07) is 0. The Labute approximate surface area is 107 Å². The Hall–Kier alpha value is -0.0313. The second kappa shape index (κ2) is 11.5. The van der Waals surface area contributed by atoms with Gasteiger partial charge in [-0.05, 0) is 0 Å². The first-order chi connectivity index (χ1) is 7.11. The molecule has 2 N–H and O–H groups in total. The smallest absolute Gasteiger partial charge is 0.412 e. The predicted octanol–water partition coefficient (Wildman–Crippen LogP) is 2.87. The number of hydrogen-bond acceptors (Lipinski definition) is 2. The van der Waals surface area contributed by atoms with Crippen LogP contribution >= 0.6 is 0 Å². The summed E-state index contributed by atoms with van der Waals surface area (Å²) in [6.45, 7) is 9.71. The molecule has 16 heavy (non-hydrogen) atoms.